The van der Waals surface area contributed by atoms with Crippen LogP contribution in [0.1, 0.15) is 36.5 Å². The van der Waals surface area contributed by atoms with Crippen LogP contribution in [0.4, 0.5) is 16.2 Å². The third-order valence-electron chi connectivity index (χ3n) is 4.26. The summed E-state index contributed by atoms with van der Waals surface area (Å²) in [5.41, 5.74) is 2.21. The molecule has 0 radical (unpaired) electrons. The maximum Gasteiger partial charge on any atom is 0.319 e. The number of amides is 3. The number of hydrogen-bond donors (Lipinski definition) is 3. The second kappa shape index (κ2) is 9.23. The number of benzene rings is 1. The van der Waals surface area contributed by atoms with Gasteiger partial charge >= 0.3 is 6.03 Å². The van der Waals surface area contributed by atoms with Crippen molar-refractivity contribution in [3.8, 4) is 0 Å². The van der Waals surface area contributed by atoms with E-state index in [1.165, 1.54) is 0 Å². The fourth-order valence-corrected chi connectivity index (χ4v) is 2.61. The molecule has 1 aromatic carbocycles. The fourth-order valence-electron chi connectivity index (χ4n) is 2.61. The Morgan fingerprint density at radius 2 is 1.85 bits per heavy atom. The van der Waals surface area contributed by atoms with Gasteiger partial charge in [0.05, 0.1) is 6.04 Å². The van der Waals surface area contributed by atoms with Crippen molar-refractivity contribution in [3.05, 3.63) is 47.4 Å². The minimum Gasteiger partial charge on any atom is -0.465 e. The first kappa shape index (κ1) is 20.5. The lowest BCUT2D eigenvalue weighted by molar-refractivity contribution is -0.115. The monoisotopic (exact) mass is 372 g/mol. The summed E-state index contributed by atoms with van der Waals surface area (Å²) in [4.78, 5) is 25.9. The number of nitrogens with one attached hydrogen (secondary N) is 3. The van der Waals surface area contributed by atoms with E-state index in [2.05, 4.69) is 16.0 Å². The SMILES string of the molecule is CCC(=O)Nc1ccc(C)c(NC(=O)NC[C@@H](c2ccc(C)o2)N(C)C)c1. The smallest absolute Gasteiger partial charge is 0.319 e. The van der Waals surface area contributed by atoms with Gasteiger partial charge in [0, 0.05) is 24.3 Å². The van der Waals surface area contributed by atoms with Crippen LogP contribution in [0.25, 0.3) is 0 Å². The second-order valence-corrected chi connectivity index (χ2v) is 6.69. The van der Waals surface area contributed by atoms with Gasteiger partial charge in [-0.05, 0) is 57.8 Å². The van der Waals surface area contributed by atoms with Crippen molar-refractivity contribution in [1.29, 1.82) is 0 Å². The summed E-state index contributed by atoms with van der Waals surface area (Å²) in [5, 5.41) is 8.51. The van der Waals surface area contributed by atoms with Gasteiger partial charge in [0.15, 0.2) is 0 Å². The molecule has 0 fully saturated rings. The molecule has 0 spiro atoms. The molecule has 0 unspecified atom stereocenters. The molecule has 0 bridgehead atoms. The van der Waals surface area contributed by atoms with Gasteiger partial charge in [-0.1, -0.05) is 13.0 Å². The molecular formula is C20H28N4O3. The second-order valence-electron chi connectivity index (χ2n) is 6.69. The first-order chi connectivity index (χ1) is 12.8. The number of aryl methyl sites for hydroxylation is 2. The minimum absolute atomic E-state index is 0.0688. The van der Waals surface area contributed by atoms with Crippen LogP contribution in [-0.2, 0) is 4.79 Å². The number of carbonyl (C=O) groups is 2. The van der Waals surface area contributed by atoms with Gasteiger partial charge in [0.1, 0.15) is 11.5 Å². The number of anilines is 2. The van der Waals surface area contributed by atoms with Crippen molar-refractivity contribution in [2.75, 3.05) is 31.3 Å². The number of likely N-dealkylation sites (N-methyl/N-ethyl adjacent to an activating group) is 1. The van der Waals surface area contributed by atoms with Crippen molar-refractivity contribution in [2.45, 2.75) is 33.2 Å². The number of rotatable bonds is 7. The van der Waals surface area contributed by atoms with Crippen molar-refractivity contribution in [1.82, 2.24) is 10.2 Å². The van der Waals surface area contributed by atoms with Gasteiger partial charge in [-0.25, -0.2) is 4.79 Å². The third kappa shape index (κ3) is 5.86. The van der Waals surface area contributed by atoms with Gasteiger partial charge < -0.3 is 20.4 Å². The highest BCUT2D eigenvalue weighted by atomic mass is 16.3. The Morgan fingerprint density at radius 1 is 1.11 bits per heavy atom. The van der Waals surface area contributed by atoms with E-state index in [9.17, 15) is 9.59 Å². The molecule has 3 N–H and O–H groups in total. The van der Waals surface area contributed by atoms with Crippen LogP contribution >= 0.6 is 0 Å². The molecular weight excluding hydrogens is 344 g/mol. The molecule has 7 nitrogen and oxygen atoms in total. The molecule has 1 heterocycles. The molecule has 3 amide bonds. The van der Waals surface area contributed by atoms with Crippen molar-refractivity contribution in [3.63, 3.8) is 0 Å². The molecule has 1 aromatic heterocycles. The predicted molar refractivity (Wildman–Crippen MR) is 107 cm³/mol. The first-order valence-electron chi connectivity index (χ1n) is 8.98. The van der Waals surface area contributed by atoms with Gasteiger partial charge in [-0.15, -0.1) is 0 Å². The molecule has 27 heavy (non-hydrogen) atoms. The highest BCUT2D eigenvalue weighted by molar-refractivity contribution is 5.94. The van der Waals surface area contributed by atoms with E-state index < -0.39 is 0 Å². The van der Waals surface area contributed by atoms with Gasteiger partial charge in [-0.2, -0.15) is 0 Å². The zero-order valence-corrected chi connectivity index (χ0v) is 16.6. The Balaban J connectivity index is 2.00. The summed E-state index contributed by atoms with van der Waals surface area (Å²) >= 11 is 0. The predicted octanol–water partition coefficient (Wildman–Crippen LogP) is 3.67. The summed E-state index contributed by atoms with van der Waals surface area (Å²) in [5.74, 6) is 1.57. The Kier molecular flexibility index (Phi) is 7.01. The van der Waals surface area contributed by atoms with Crippen molar-refractivity contribution >= 4 is 23.3 Å². The molecule has 1 atom stereocenters. The lowest BCUT2D eigenvalue weighted by Gasteiger charge is -2.23. The largest absolute Gasteiger partial charge is 0.465 e. The van der Waals surface area contributed by atoms with Crippen molar-refractivity contribution < 1.29 is 14.0 Å². The van der Waals surface area contributed by atoms with E-state index in [-0.39, 0.29) is 18.0 Å². The summed E-state index contributed by atoms with van der Waals surface area (Å²) in [7, 11) is 3.87. The molecule has 0 aliphatic heterocycles. The van der Waals surface area contributed by atoms with Crippen LogP contribution in [0.15, 0.2) is 34.7 Å². The molecule has 2 aromatic rings. The van der Waals surface area contributed by atoms with E-state index in [0.29, 0.717) is 24.3 Å². The number of carbonyl (C=O) groups excluding carboxylic acids is 2. The molecule has 7 heteroatoms. The summed E-state index contributed by atoms with van der Waals surface area (Å²) in [6.45, 7) is 5.98. The normalized spacial score (nSPS) is 11.9. The minimum atomic E-state index is -0.313. The van der Waals surface area contributed by atoms with E-state index in [1.54, 1.807) is 13.0 Å². The van der Waals surface area contributed by atoms with Crippen LogP contribution < -0.4 is 16.0 Å². The fraction of sp³-hybridized carbons (Fsp3) is 0.400. The highest BCUT2D eigenvalue weighted by Gasteiger charge is 2.18. The molecule has 0 saturated heterocycles. The van der Waals surface area contributed by atoms with Crippen LogP contribution in [0.2, 0.25) is 0 Å². The number of hydrogen-bond acceptors (Lipinski definition) is 4. The molecule has 0 aliphatic rings. The molecule has 146 valence electrons. The number of furan rings is 1. The lowest BCUT2D eigenvalue weighted by Crippen LogP contribution is -2.36. The van der Waals surface area contributed by atoms with Gasteiger partial charge in [0.25, 0.3) is 0 Å². The van der Waals surface area contributed by atoms with Gasteiger partial charge in [-0.3, -0.25) is 9.69 Å². The van der Waals surface area contributed by atoms with E-state index in [0.717, 1.165) is 17.1 Å². The quantitative estimate of drug-likeness (QED) is 0.692. The van der Waals surface area contributed by atoms with E-state index >= 15 is 0 Å². The Hall–Kier alpha value is -2.80. The molecule has 0 aliphatic carbocycles. The third-order valence-corrected chi connectivity index (χ3v) is 4.26. The Labute approximate surface area is 160 Å². The topological polar surface area (TPSA) is 86.6 Å². The zero-order chi connectivity index (χ0) is 20.0. The number of nitrogens with zero attached hydrogens (tertiary/aromatic N) is 1. The van der Waals surface area contributed by atoms with Gasteiger partial charge in [0.2, 0.25) is 5.91 Å². The highest BCUT2D eigenvalue weighted by Crippen LogP contribution is 2.22. The van der Waals surface area contributed by atoms with Crippen molar-refractivity contribution in [2.24, 2.45) is 0 Å². The van der Waals surface area contributed by atoms with Crippen LogP contribution in [0.5, 0.6) is 0 Å². The standard InChI is InChI=1S/C20H28N4O3/c1-6-19(25)22-15-9-7-13(2)16(11-15)23-20(26)21-12-17(24(4)5)18-10-8-14(3)27-18/h7-11,17H,6,12H2,1-5H3,(H,22,25)(H2,21,23,26)/t17-/m0/s1. The zero-order valence-electron chi connectivity index (χ0n) is 16.6. The summed E-state index contributed by atoms with van der Waals surface area (Å²) in [6, 6.07) is 8.87. The van der Waals surface area contributed by atoms with Crippen LogP contribution in [0.3, 0.4) is 0 Å². The summed E-state index contributed by atoms with van der Waals surface area (Å²) in [6.07, 6.45) is 0.398. The average molecular weight is 372 g/mol. The lowest BCUT2D eigenvalue weighted by atomic mass is 10.1. The maximum atomic E-state index is 12.4. The Bertz CT molecular complexity index is 798. The number of urea groups is 1. The van der Waals surface area contributed by atoms with E-state index in [4.69, 9.17) is 4.42 Å². The summed E-state index contributed by atoms with van der Waals surface area (Å²) < 4.78 is 5.69. The molecule has 2 rings (SSSR count). The Morgan fingerprint density at radius 3 is 2.44 bits per heavy atom. The molecule has 0 saturated carbocycles. The van der Waals surface area contributed by atoms with E-state index in [1.807, 2.05) is 57.1 Å². The van der Waals surface area contributed by atoms with Crippen LogP contribution in [0, 0.1) is 13.8 Å². The average Bonchev–Trinajstić information content (AvgIpc) is 3.03. The first-order valence-corrected chi connectivity index (χ1v) is 8.98. The maximum absolute atomic E-state index is 12.4. The van der Waals surface area contributed by atoms with Crippen LogP contribution in [-0.4, -0.2) is 37.5 Å².